The van der Waals surface area contributed by atoms with Gasteiger partial charge in [0.1, 0.15) is 17.4 Å². The third-order valence-electron chi connectivity index (χ3n) is 4.85. The number of rotatable bonds is 3. The Balaban J connectivity index is 1.66. The van der Waals surface area contributed by atoms with Gasteiger partial charge in [-0.25, -0.2) is 9.78 Å². The number of nitrogens with one attached hydrogen (secondary N) is 1. The van der Waals surface area contributed by atoms with Gasteiger partial charge in [-0.3, -0.25) is 14.5 Å². The molecule has 1 aliphatic heterocycles. The average molecular weight is 362 g/mol. The molecule has 5 rings (SSSR count). The van der Waals surface area contributed by atoms with Crippen LogP contribution in [0.4, 0.5) is 0 Å². The normalized spacial score (nSPS) is 15.4. The molecule has 0 radical (unpaired) electrons. The number of aromatic nitrogens is 4. The fourth-order valence-corrected chi connectivity index (χ4v) is 3.52. The van der Waals surface area contributed by atoms with Gasteiger partial charge < -0.3 is 9.47 Å². The molecule has 7 nitrogen and oxygen atoms in total. The van der Waals surface area contributed by atoms with Crippen molar-refractivity contribution < 1.29 is 9.47 Å². The first-order valence-electron chi connectivity index (χ1n) is 8.99. The summed E-state index contributed by atoms with van der Waals surface area (Å²) in [6, 6.07) is 11.4. The van der Waals surface area contributed by atoms with Gasteiger partial charge >= 0.3 is 5.69 Å². The molecule has 0 bridgehead atoms. The van der Waals surface area contributed by atoms with Crippen molar-refractivity contribution in [2.45, 2.75) is 18.9 Å². The Morgan fingerprint density at radius 3 is 2.89 bits per heavy atom. The molecule has 4 heterocycles. The standard InChI is InChI=1S/C20H18N4O3/c25-20-23-19-18(17(5-9-22-19)27-15-6-10-26-11-7-15)24(20)14-3-4-16-13(12-14)2-1-8-21-16/h1-5,8-9,12,15H,6-7,10-11H2,(H,22,23,25). The molecule has 27 heavy (non-hydrogen) atoms. The van der Waals surface area contributed by atoms with Gasteiger partial charge in [-0.2, -0.15) is 0 Å². The molecule has 0 amide bonds. The van der Waals surface area contributed by atoms with E-state index < -0.39 is 0 Å². The number of nitrogens with zero attached hydrogens (tertiary/aromatic N) is 3. The minimum Gasteiger partial charge on any atom is -0.488 e. The van der Waals surface area contributed by atoms with Crippen molar-refractivity contribution in [2.75, 3.05) is 13.2 Å². The summed E-state index contributed by atoms with van der Waals surface area (Å²) >= 11 is 0. The van der Waals surface area contributed by atoms with Crippen molar-refractivity contribution in [1.29, 1.82) is 0 Å². The Morgan fingerprint density at radius 2 is 2.00 bits per heavy atom. The van der Waals surface area contributed by atoms with Crippen LogP contribution in [0.1, 0.15) is 12.8 Å². The van der Waals surface area contributed by atoms with Crippen LogP contribution in [0.15, 0.2) is 53.6 Å². The Hall–Kier alpha value is -3.19. The Kier molecular flexibility index (Phi) is 3.86. The van der Waals surface area contributed by atoms with E-state index >= 15 is 0 Å². The van der Waals surface area contributed by atoms with E-state index in [-0.39, 0.29) is 11.8 Å². The predicted molar refractivity (Wildman–Crippen MR) is 101 cm³/mol. The summed E-state index contributed by atoms with van der Waals surface area (Å²) in [4.78, 5) is 24.2. The van der Waals surface area contributed by atoms with Crippen LogP contribution in [0.5, 0.6) is 5.75 Å². The van der Waals surface area contributed by atoms with E-state index in [1.807, 2.05) is 36.4 Å². The lowest BCUT2D eigenvalue weighted by molar-refractivity contribution is 0.0260. The fourth-order valence-electron chi connectivity index (χ4n) is 3.52. The third-order valence-corrected chi connectivity index (χ3v) is 4.85. The molecular formula is C20H18N4O3. The molecule has 0 atom stereocenters. The van der Waals surface area contributed by atoms with Crippen LogP contribution in [0.3, 0.4) is 0 Å². The maximum Gasteiger partial charge on any atom is 0.332 e. The molecule has 136 valence electrons. The zero-order valence-corrected chi connectivity index (χ0v) is 14.6. The van der Waals surface area contributed by atoms with Gasteiger partial charge in [-0.1, -0.05) is 6.07 Å². The molecule has 0 saturated carbocycles. The lowest BCUT2D eigenvalue weighted by Crippen LogP contribution is -2.26. The van der Waals surface area contributed by atoms with E-state index in [2.05, 4.69) is 15.0 Å². The maximum absolute atomic E-state index is 12.7. The Labute approximate surface area is 154 Å². The second-order valence-electron chi connectivity index (χ2n) is 6.58. The smallest absolute Gasteiger partial charge is 0.332 e. The molecule has 4 aromatic rings. The molecule has 1 aliphatic rings. The summed E-state index contributed by atoms with van der Waals surface area (Å²) in [5.74, 6) is 0.650. The second kappa shape index (κ2) is 6.51. The van der Waals surface area contributed by atoms with Gasteiger partial charge in [-0.05, 0) is 24.3 Å². The maximum atomic E-state index is 12.7. The van der Waals surface area contributed by atoms with E-state index in [1.54, 1.807) is 17.0 Å². The zero-order chi connectivity index (χ0) is 18.2. The largest absolute Gasteiger partial charge is 0.488 e. The quantitative estimate of drug-likeness (QED) is 0.606. The van der Waals surface area contributed by atoms with E-state index in [0.29, 0.717) is 30.1 Å². The van der Waals surface area contributed by atoms with Crippen molar-refractivity contribution in [3.63, 3.8) is 0 Å². The number of pyridine rings is 2. The van der Waals surface area contributed by atoms with Crippen LogP contribution in [-0.4, -0.2) is 38.8 Å². The summed E-state index contributed by atoms with van der Waals surface area (Å²) in [5, 5.41) is 0.965. The summed E-state index contributed by atoms with van der Waals surface area (Å²) in [5.41, 5.74) is 2.54. The zero-order valence-electron chi connectivity index (χ0n) is 14.6. The minimum atomic E-state index is -0.247. The van der Waals surface area contributed by atoms with Gasteiger partial charge in [0, 0.05) is 36.7 Å². The SMILES string of the molecule is O=c1[nH]c2nccc(OC3CCOCC3)c2n1-c1ccc2ncccc2c1. The van der Waals surface area contributed by atoms with Crippen molar-refractivity contribution >= 4 is 22.1 Å². The van der Waals surface area contributed by atoms with E-state index in [9.17, 15) is 4.79 Å². The van der Waals surface area contributed by atoms with E-state index in [0.717, 1.165) is 29.4 Å². The molecule has 3 aromatic heterocycles. The molecule has 1 saturated heterocycles. The summed E-state index contributed by atoms with van der Waals surface area (Å²) in [6.45, 7) is 1.38. The molecule has 1 aromatic carbocycles. The number of hydrogen-bond acceptors (Lipinski definition) is 5. The number of H-pyrrole nitrogens is 1. The van der Waals surface area contributed by atoms with Crippen LogP contribution in [0.2, 0.25) is 0 Å². The first kappa shape index (κ1) is 16.0. The Bertz CT molecular complexity index is 1170. The van der Waals surface area contributed by atoms with Crippen LogP contribution in [0.25, 0.3) is 27.8 Å². The minimum absolute atomic E-state index is 0.0728. The lowest BCUT2D eigenvalue weighted by Gasteiger charge is -2.23. The highest BCUT2D eigenvalue weighted by atomic mass is 16.5. The van der Waals surface area contributed by atoms with Crippen molar-refractivity contribution in [3.05, 3.63) is 59.3 Å². The highest BCUT2D eigenvalue weighted by Gasteiger charge is 2.20. The molecular weight excluding hydrogens is 344 g/mol. The molecule has 0 unspecified atom stereocenters. The third kappa shape index (κ3) is 2.86. The van der Waals surface area contributed by atoms with Crippen LogP contribution >= 0.6 is 0 Å². The van der Waals surface area contributed by atoms with E-state index in [1.165, 1.54) is 0 Å². The summed E-state index contributed by atoms with van der Waals surface area (Å²) in [7, 11) is 0. The molecule has 1 fully saturated rings. The summed E-state index contributed by atoms with van der Waals surface area (Å²) in [6.07, 6.45) is 5.15. The van der Waals surface area contributed by atoms with E-state index in [4.69, 9.17) is 9.47 Å². The fraction of sp³-hybridized carbons (Fsp3) is 0.250. The molecule has 0 aliphatic carbocycles. The number of ether oxygens (including phenoxy) is 2. The predicted octanol–water partition coefficient (Wildman–Crippen LogP) is 2.82. The van der Waals surface area contributed by atoms with Gasteiger partial charge in [0.05, 0.1) is 24.4 Å². The van der Waals surface area contributed by atoms with Crippen molar-refractivity contribution in [1.82, 2.24) is 19.5 Å². The number of hydrogen-bond donors (Lipinski definition) is 1. The first-order valence-corrected chi connectivity index (χ1v) is 8.99. The van der Waals surface area contributed by atoms with Crippen molar-refractivity contribution in [3.8, 4) is 11.4 Å². The number of aromatic amines is 1. The highest BCUT2D eigenvalue weighted by molar-refractivity contribution is 5.84. The second-order valence-corrected chi connectivity index (χ2v) is 6.58. The first-order chi connectivity index (χ1) is 13.3. The number of fused-ring (bicyclic) bond motifs is 2. The molecule has 1 N–H and O–H groups in total. The monoisotopic (exact) mass is 362 g/mol. The highest BCUT2D eigenvalue weighted by Crippen LogP contribution is 2.28. The van der Waals surface area contributed by atoms with Crippen LogP contribution in [0, 0.1) is 0 Å². The van der Waals surface area contributed by atoms with Gasteiger partial charge in [0.2, 0.25) is 0 Å². The molecule has 7 heteroatoms. The van der Waals surface area contributed by atoms with Gasteiger partial charge in [0.25, 0.3) is 0 Å². The molecule has 0 spiro atoms. The van der Waals surface area contributed by atoms with Crippen molar-refractivity contribution in [2.24, 2.45) is 0 Å². The Morgan fingerprint density at radius 1 is 1.11 bits per heavy atom. The summed E-state index contributed by atoms with van der Waals surface area (Å²) < 4.78 is 13.2. The number of imidazole rings is 1. The topological polar surface area (TPSA) is 82.0 Å². The van der Waals surface area contributed by atoms with Crippen LogP contribution in [-0.2, 0) is 4.74 Å². The lowest BCUT2D eigenvalue weighted by atomic mass is 10.1. The van der Waals surface area contributed by atoms with Gasteiger partial charge in [-0.15, -0.1) is 0 Å². The average Bonchev–Trinajstić information content (AvgIpc) is 3.05. The van der Waals surface area contributed by atoms with Gasteiger partial charge in [0.15, 0.2) is 5.65 Å². The number of benzene rings is 1. The van der Waals surface area contributed by atoms with Crippen LogP contribution < -0.4 is 10.4 Å².